The Balaban J connectivity index is 1.72. The van der Waals surface area contributed by atoms with Gasteiger partial charge in [0.1, 0.15) is 6.10 Å². The van der Waals surface area contributed by atoms with E-state index in [0.717, 1.165) is 25.7 Å². The Hall–Kier alpha value is -1.65. The summed E-state index contributed by atoms with van der Waals surface area (Å²) in [6, 6.07) is 0.279. The fourth-order valence-electron chi connectivity index (χ4n) is 2.60. The lowest BCUT2D eigenvalue weighted by Crippen LogP contribution is -2.40. The van der Waals surface area contributed by atoms with Gasteiger partial charge in [0, 0.05) is 24.9 Å². The van der Waals surface area contributed by atoms with Crippen molar-refractivity contribution >= 4 is 5.91 Å². The smallest absolute Gasteiger partial charge is 0.232 e. The summed E-state index contributed by atoms with van der Waals surface area (Å²) in [6.07, 6.45) is 9.45. The minimum Gasteiger partial charge on any atom is -0.473 e. The van der Waals surface area contributed by atoms with Crippen LogP contribution < -0.4 is 10.1 Å². The average Bonchev–Trinajstić information content (AvgIpc) is 2.40. The molecule has 1 amide bonds. The highest BCUT2D eigenvalue weighted by atomic mass is 16.5. The average molecular weight is 291 g/mol. The molecule has 1 aliphatic carbocycles. The predicted molar refractivity (Wildman–Crippen MR) is 80.9 cm³/mol. The Morgan fingerprint density at radius 3 is 2.57 bits per heavy atom. The van der Waals surface area contributed by atoms with Gasteiger partial charge in [-0.1, -0.05) is 20.8 Å². The predicted octanol–water partition coefficient (Wildman–Crippen LogP) is 2.72. The first-order valence-corrected chi connectivity index (χ1v) is 7.64. The Labute approximate surface area is 126 Å². The van der Waals surface area contributed by atoms with E-state index in [-0.39, 0.29) is 23.5 Å². The Kier molecular flexibility index (Phi) is 5.15. The first-order chi connectivity index (χ1) is 9.92. The topological polar surface area (TPSA) is 64.1 Å². The summed E-state index contributed by atoms with van der Waals surface area (Å²) in [5.74, 6) is 0.735. The van der Waals surface area contributed by atoms with Crippen molar-refractivity contribution in [3.8, 4) is 5.88 Å². The molecule has 21 heavy (non-hydrogen) atoms. The van der Waals surface area contributed by atoms with Gasteiger partial charge < -0.3 is 10.1 Å². The van der Waals surface area contributed by atoms with Crippen LogP contribution in [-0.2, 0) is 4.79 Å². The van der Waals surface area contributed by atoms with Gasteiger partial charge in [0.2, 0.25) is 11.8 Å². The Morgan fingerprint density at radius 2 is 2.00 bits per heavy atom. The summed E-state index contributed by atoms with van der Waals surface area (Å²) in [5, 5.41) is 3.14. The van der Waals surface area contributed by atoms with Crippen molar-refractivity contribution in [2.75, 3.05) is 0 Å². The van der Waals surface area contributed by atoms with Crippen molar-refractivity contribution in [1.82, 2.24) is 15.3 Å². The highest BCUT2D eigenvalue weighted by Crippen LogP contribution is 2.23. The molecule has 1 N–H and O–H groups in total. The van der Waals surface area contributed by atoms with Gasteiger partial charge >= 0.3 is 0 Å². The zero-order chi connectivity index (χ0) is 15.3. The molecule has 0 spiro atoms. The van der Waals surface area contributed by atoms with E-state index in [1.807, 2.05) is 0 Å². The lowest BCUT2D eigenvalue weighted by Gasteiger charge is -2.30. The number of hydrogen-bond acceptors (Lipinski definition) is 4. The number of aromatic nitrogens is 2. The molecular formula is C16H25N3O2. The van der Waals surface area contributed by atoms with Gasteiger partial charge in [-0.25, -0.2) is 4.98 Å². The molecule has 2 rings (SSSR count). The van der Waals surface area contributed by atoms with Crippen LogP contribution in [0.5, 0.6) is 5.88 Å². The second kappa shape index (κ2) is 6.87. The Morgan fingerprint density at radius 1 is 1.29 bits per heavy atom. The van der Waals surface area contributed by atoms with Gasteiger partial charge in [-0.3, -0.25) is 9.78 Å². The zero-order valence-electron chi connectivity index (χ0n) is 13.1. The molecule has 1 aromatic rings. The molecule has 1 aliphatic rings. The summed E-state index contributed by atoms with van der Waals surface area (Å²) in [6.45, 7) is 6.24. The lowest BCUT2D eigenvalue weighted by atomic mass is 9.90. The minimum absolute atomic E-state index is 0.0381. The first-order valence-electron chi connectivity index (χ1n) is 7.64. The Bertz CT molecular complexity index is 448. The number of amides is 1. The van der Waals surface area contributed by atoms with Crippen molar-refractivity contribution in [2.24, 2.45) is 5.41 Å². The van der Waals surface area contributed by atoms with E-state index in [4.69, 9.17) is 4.74 Å². The van der Waals surface area contributed by atoms with Crippen LogP contribution in [0.2, 0.25) is 0 Å². The molecule has 0 aromatic carbocycles. The van der Waals surface area contributed by atoms with E-state index in [1.165, 1.54) is 0 Å². The standard InChI is InChI=1S/C16H25N3O2/c1-16(2,3)10-14(20)19-12-4-6-13(7-5-12)21-15-11-17-8-9-18-15/h8-9,11-13H,4-7,10H2,1-3H3,(H,19,20). The van der Waals surface area contributed by atoms with Crippen LogP contribution in [0.3, 0.4) is 0 Å². The minimum atomic E-state index is 0.0381. The van der Waals surface area contributed by atoms with Crippen LogP contribution in [0, 0.1) is 5.41 Å². The monoisotopic (exact) mass is 291 g/mol. The van der Waals surface area contributed by atoms with E-state index in [0.29, 0.717) is 12.3 Å². The van der Waals surface area contributed by atoms with Gasteiger partial charge in [0.15, 0.2) is 0 Å². The molecule has 1 saturated carbocycles. The summed E-state index contributed by atoms with van der Waals surface area (Å²) >= 11 is 0. The molecule has 0 radical (unpaired) electrons. The van der Waals surface area contributed by atoms with Crippen molar-refractivity contribution in [3.63, 3.8) is 0 Å². The quantitative estimate of drug-likeness (QED) is 0.926. The molecular weight excluding hydrogens is 266 g/mol. The highest BCUT2D eigenvalue weighted by molar-refractivity contribution is 5.76. The number of hydrogen-bond donors (Lipinski definition) is 1. The zero-order valence-corrected chi connectivity index (χ0v) is 13.1. The fourth-order valence-corrected chi connectivity index (χ4v) is 2.60. The molecule has 5 nitrogen and oxygen atoms in total. The number of nitrogens with one attached hydrogen (secondary N) is 1. The number of ether oxygens (including phenoxy) is 1. The molecule has 1 fully saturated rings. The van der Waals surface area contributed by atoms with Gasteiger partial charge in [0.25, 0.3) is 0 Å². The first kappa shape index (κ1) is 15.7. The summed E-state index contributed by atoms with van der Waals surface area (Å²) < 4.78 is 5.80. The van der Waals surface area contributed by atoms with Crippen molar-refractivity contribution in [1.29, 1.82) is 0 Å². The fraction of sp³-hybridized carbons (Fsp3) is 0.688. The molecule has 1 aromatic heterocycles. The molecule has 1 heterocycles. The maximum atomic E-state index is 11.9. The van der Waals surface area contributed by atoms with Crippen LogP contribution in [-0.4, -0.2) is 28.0 Å². The number of rotatable bonds is 4. The largest absolute Gasteiger partial charge is 0.473 e. The molecule has 0 bridgehead atoms. The summed E-state index contributed by atoms with van der Waals surface area (Å²) in [7, 11) is 0. The van der Waals surface area contributed by atoms with E-state index in [9.17, 15) is 4.79 Å². The second-order valence-corrected chi connectivity index (χ2v) is 6.94. The maximum absolute atomic E-state index is 11.9. The van der Waals surface area contributed by atoms with Crippen LogP contribution in [0.15, 0.2) is 18.6 Å². The van der Waals surface area contributed by atoms with Gasteiger partial charge in [-0.15, -0.1) is 0 Å². The summed E-state index contributed by atoms with van der Waals surface area (Å²) in [5.41, 5.74) is 0.0381. The molecule has 5 heteroatoms. The number of carbonyl (C=O) groups excluding carboxylic acids is 1. The number of carbonyl (C=O) groups is 1. The molecule has 0 unspecified atom stereocenters. The molecule has 0 saturated heterocycles. The lowest BCUT2D eigenvalue weighted by molar-refractivity contribution is -0.123. The van der Waals surface area contributed by atoms with Crippen molar-refractivity contribution < 1.29 is 9.53 Å². The number of nitrogens with zero attached hydrogens (tertiary/aromatic N) is 2. The van der Waals surface area contributed by atoms with Gasteiger partial charge in [-0.2, -0.15) is 0 Å². The SMILES string of the molecule is CC(C)(C)CC(=O)NC1CCC(Oc2cnccn2)CC1. The van der Waals surface area contributed by atoms with Crippen LogP contribution >= 0.6 is 0 Å². The van der Waals surface area contributed by atoms with E-state index in [2.05, 4.69) is 36.1 Å². The van der Waals surface area contributed by atoms with Gasteiger partial charge in [-0.05, 0) is 31.1 Å². The third kappa shape index (κ3) is 5.69. The molecule has 116 valence electrons. The van der Waals surface area contributed by atoms with Gasteiger partial charge in [0.05, 0.1) is 6.20 Å². The third-order valence-electron chi connectivity index (χ3n) is 3.56. The summed E-state index contributed by atoms with van der Waals surface area (Å²) in [4.78, 5) is 20.1. The normalized spacial score (nSPS) is 22.6. The van der Waals surface area contributed by atoms with Crippen molar-refractivity contribution in [3.05, 3.63) is 18.6 Å². The second-order valence-electron chi connectivity index (χ2n) is 6.94. The highest BCUT2D eigenvalue weighted by Gasteiger charge is 2.25. The van der Waals surface area contributed by atoms with Crippen LogP contribution in [0.25, 0.3) is 0 Å². The van der Waals surface area contributed by atoms with E-state index < -0.39 is 0 Å². The molecule has 0 atom stereocenters. The third-order valence-corrected chi connectivity index (χ3v) is 3.56. The van der Waals surface area contributed by atoms with E-state index in [1.54, 1.807) is 18.6 Å². The van der Waals surface area contributed by atoms with Crippen LogP contribution in [0.1, 0.15) is 52.9 Å². The van der Waals surface area contributed by atoms with E-state index >= 15 is 0 Å². The van der Waals surface area contributed by atoms with Crippen molar-refractivity contribution in [2.45, 2.75) is 65.0 Å². The van der Waals surface area contributed by atoms with Crippen LogP contribution in [0.4, 0.5) is 0 Å². The maximum Gasteiger partial charge on any atom is 0.232 e. The molecule has 0 aliphatic heterocycles.